The molecule has 0 bridgehead atoms. The minimum Gasteiger partial charge on any atom is -0.221 e. The van der Waals surface area contributed by atoms with E-state index in [1.54, 1.807) is 0 Å². The zero-order chi connectivity index (χ0) is 7.00. The smallest absolute Gasteiger partial charge is 0.221 e. The molecular formula is CH4Cl2F3NO2S. The van der Waals surface area contributed by atoms with Gasteiger partial charge in [-0.15, -0.1) is 24.8 Å². The Morgan fingerprint density at radius 3 is 1.20 bits per heavy atom. The van der Waals surface area contributed by atoms with E-state index in [2.05, 4.69) is 5.14 Å². The van der Waals surface area contributed by atoms with Gasteiger partial charge in [0.15, 0.2) is 0 Å². The Kier molecular flexibility index (Phi) is 7.05. The third-order valence-corrected chi connectivity index (χ3v) is 0.968. The maximum absolute atomic E-state index is 10.8. The molecule has 0 saturated carbocycles. The minimum atomic E-state index is -5.34. The fourth-order valence-corrected chi connectivity index (χ4v) is 0. The van der Waals surface area contributed by atoms with E-state index in [4.69, 9.17) is 0 Å². The van der Waals surface area contributed by atoms with Gasteiger partial charge in [0.25, 0.3) is 0 Å². The first-order valence-corrected chi connectivity index (χ1v) is 2.89. The lowest BCUT2D eigenvalue weighted by Crippen LogP contribution is -2.30. The standard InChI is InChI=1S/CH2F3NO2S.2ClH/c2-1(3,4)8(5,6)7;;/h(H2,5,6,7);2*1H. The number of halogens is 5. The molecule has 0 aliphatic heterocycles. The molecule has 0 aromatic carbocycles. The van der Waals surface area contributed by atoms with Crippen LogP contribution in [0.5, 0.6) is 0 Å². The third-order valence-electron chi connectivity index (χ3n) is 0.323. The lowest BCUT2D eigenvalue weighted by atomic mass is 11.6. The first-order chi connectivity index (χ1) is 3.25. The molecular weight excluding hydrogens is 218 g/mol. The van der Waals surface area contributed by atoms with Crippen molar-refractivity contribution in [3.8, 4) is 0 Å². The highest BCUT2D eigenvalue weighted by Crippen LogP contribution is 2.18. The summed E-state index contributed by atoms with van der Waals surface area (Å²) in [7, 11) is -5.34. The number of alkyl halides is 3. The summed E-state index contributed by atoms with van der Waals surface area (Å²) < 4.78 is 51.2. The van der Waals surface area contributed by atoms with Crippen molar-refractivity contribution >= 4 is 34.8 Å². The Bertz CT molecular complexity index is 173. The van der Waals surface area contributed by atoms with Crippen molar-refractivity contribution in [2.45, 2.75) is 5.51 Å². The second-order valence-corrected chi connectivity index (χ2v) is 2.54. The maximum Gasteiger partial charge on any atom is 0.511 e. The monoisotopic (exact) mass is 221 g/mol. The normalized spacial score (nSPS) is 11.2. The van der Waals surface area contributed by atoms with Gasteiger partial charge >= 0.3 is 15.5 Å². The van der Waals surface area contributed by atoms with Crippen LogP contribution in [0.1, 0.15) is 0 Å². The first-order valence-electron chi connectivity index (χ1n) is 1.34. The third kappa shape index (κ3) is 5.10. The Balaban J connectivity index is -0.000000245. The molecule has 0 saturated heterocycles. The van der Waals surface area contributed by atoms with Gasteiger partial charge in [-0.1, -0.05) is 0 Å². The quantitative estimate of drug-likeness (QED) is 0.653. The summed E-state index contributed by atoms with van der Waals surface area (Å²) >= 11 is 0. The molecule has 10 heavy (non-hydrogen) atoms. The summed E-state index contributed by atoms with van der Waals surface area (Å²) in [6, 6.07) is 0. The highest BCUT2D eigenvalue weighted by atomic mass is 35.5. The van der Waals surface area contributed by atoms with Gasteiger partial charge < -0.3 is 0 Å². The maximum atomic E-state index is 10.8. The lowest BCUT2D eigenvalue weighted by Gasteiger charge is -1.98. The van der Waals surface area contributed by atoms with Crippen LogP contribution >= 0.6 is 24.8 Å². The van der Waals surface area contributed by atoms with Crippen molar-refractivity contribution in [3.05, 3.63) is 0 Å². The zero-order valence-electron chi connectivity index (χ0n) is 4.25. The second kappa shape index (κ2) is 4.22. The molecule has 0 amide bonds. The summed E-state index contributed by atoms with van der Waals surface area (Å²) in [5, 5.41) is 3.66. The van der Waals surface area contributed by atoms with E-state index in [0.717, 1.165) is 0 Å². The van der Waals surface area contributed by atoms with Crippen molar-refractivity contribution < 1.29 is 21.6 Å². The number of nitrogens with two attached hydrogens (primary N) is 1. The number of hydrogen-bond donors (Lipinski definition) is 1. The predicted octanol–water partition coefficient (Wildman–Crippen LogP) is 0.638. The van der Waals surface area contributed by atoms with E-state index in [1.165, 1.54) is 0 Å². The predicted molar refractivity (Wildman–Crippen MR) is 33.7 cm³/mol. The van der Waals surface area contributed by atoms with Gasteiger partial charge in [0, 0.05) is 0 Å². The van der Waals surface area contributed by atoms with Crippen LogP contribution in [-0.2, 0) is 10.0 Å². The molecule has 0 rings (SSSR count). The largest absolute Gasteiger partial charge is 0.511 e. The molecule has 0 aliphatic rings. The molecule has 0 atom stereocenters. The fraction of sp³-hybridized carbons (Fsp3) is 1.00. The number of sulfonamides is 1. The van der Waals surface area contributed by atoms with Crippen molar-refractivity contribution in [2.24, 2.45) is 5.14 Å². The second-order valence-electron chi connectivity index (χ2n) is 0.991. The molecule has 0 radical (unpaired) electrons. The molecule has 0 unspecified atom stereocenters. The Morgan fingerprint density at radius 1 is 1.10 bits per heavy atom. The zero-order valence-corrected chi connectivity index (χ0v) is 6.70. The van der Waals surface area contributed by atoms with Gasteiger partial charge in [-0.3, -0.25) is 0 Å². The summed E-state index contributed by atoms with van der Waals surface area (Å²) in [4.78, 5) is 0. The minimum absolute atomic E-state index is 0. The molecule has 66 valence electrons. The van der Waals surface area contributed by atoms with Gasteiger partial charge in [-0.25, -0.2) is 13.6 Å². The van der Waals surface area contributed by atoms with Crippen LogP contribution in [0.4, 0.5) is 13.2 Å². The molecule has 0 aromatic rings. The molecule has 0 fully saturated rings. The van der Waals surface area contributed by atoms with Gasteiger partial charge in [-0.05, 0) is 0 Å². The van der Waals surface area contributed by atoms with E-state index in [1.807, 2.05) is 0 Å². The molecule has 0 spiro atoms. The summed E-state index contributed by atoms with van der Waals surface area (Å²) in [6.45, 7) is 0. The van der Waals surface area contributed by atoms with E-state index in [0.29, 0.717) is 0 Å². The van der Waals surface area contributed by atoms with Crippen molar-refractivity contribution in [1.29, 1.82) is 0 Å². The van der Waals surface area contributed by atoms with E-state index < -0.39 is 15.5 Å². The Morgan fingerprint density at radius 2 is 1.20 bits per heavy atom. The average molecular weight is 222 g/mol. The van der Waals surface area contributed by atoms with Crippen molar-refractivity contribution in [3.63, 3.8) is 0 Å². The van der Waals surface area contributed by atoms with E-state index in [-0.39, 0.29) is 24.8 Å². The highest BCUT2D eigenvalue weighted by molar-refractivity contribution is 7.90. The molecule has 0 aliphatic carbocycles. The van der Waals surface area contributed by atoms with E-state index >= 15 is 0 Å². The number of primary sulfonamides is 1. The number of rotatable bonds is 0. The lowest BCUT2D eigenvalue weighted by molar-refractivity contribution is -0.0436. The van der Waals surface area contributed by atoms with Crippen LogP contribution < -0.4 is 5.14 Å². The van der Waals surface area contributed by atoms with Crippen LogP contribution in [0.15, 0.2) is 0 Å². The summed E-state index contributed by atoms with van der Waals surface area (Å²) in [5.74, 6) is 0. The Labute approximate surface area is 67.6 Å². The molecule has 0 aromatic heterocycles. The van der Waals surface area contributed by atoms with Crippen molar-refractivity contribution in [2.75, 3.05) is 0 Å². The summed E-state index contributed by atoms with van der Waals surface area (Å²) in [5.41, 5.74) is -5.31. The van der Waals surface area contributed by atoms with E-state index in [9.17, 15) is 21.6 Å². The summed E-state index contributed by atoms with van der Waals surface area (Å²) in [6.07, 6.45) is 0. The first kappa shape index (κ1) is 16.7. The highest BCUT2D eigenvalue weighted by Gasteiger charge is 2.42. The molecule has 3 nitrogen and oxygen atoms in total. The van der Waals surface area contributed by atoms with Crippen LogP contribution in [0.3, 0.4) is 0 Å². The fourth-order valence-electron chi connectivity index (χ4n) is 0. The van der Waals surface area contributed by atoms with Gasteiger partial charge in [0.2, 0.25) is 0 Å². The molecule has 0 heterocycles. The molecule has 2 N–H and O–H groups in total. The van der Waals surface area contributed by atoms with Crippen LogP contribution in [0, 0.1) is 0 Å². The topological polar surface area (TPSA) is 60.2 Å². The number of hydrogen-bond acceptors (Lipinski definition) is 2. The Hall–Kier alpha value is 0.280. The SMILES string of the molecule is Cl.Cl.NS(=O)(=O)C(F)(F)F. The molecule has 9 heteroatoms. The van der Waals surface area contributed by atoms with Crippen LogP contribution in [-0.4, -0.2) is 13.9 Å². The van der Waals surface area contributed by atoms with Crippen LogP contribution in [0.25, 0.3) is 0 Å². The van der Waals surface area contributed by atoms with Gasteiger partial charge in [0.1, 0.15) is 0 Å². The van der Waals surface area contributed by atoms with Gasteiger partial charge in [-0.2, -0.15) is 13.2 Å². The van der Waals surface area contributed by atoms with Crippen LogP contribution in [0.2, 0.25) is 0 Å². The van der Waals surface area contributed by atoms with Gasteiger partial charge in [0.05, 0.1) is 0 Å². The average Bonchev–Trinajstić information content (AvgIpc) is 1.25. The van der Waals surface area contributed by atoms with Crippen molar-refractivity contribution in [1.82, 2.24) is 0 Å².